The fourth-order valence-corrected chi connectivity index (χ4v) is 13.3. The van der Waals surface area contributed by atoms with Gasteiger partial charge < -0.3 is 58.6 Å². The fraction of sp³-hybridized carbons (Fsp3) is 0.233. The Labute approximate surface area is 716 Å². The molecule has 0 saturated heterocycles. The first-order valence-electron chi connectivity index (χ1n) is 37.4. The molecule has 0 unspecified atom stereocenters. The highest BCUT2D eigenvalue weighted by atomic mass is 35.5. The summed E-state index contributed by atoms with van der Waals surface area (Å²) < 4.78 is 316. The largest absolute Gasteiger partial charge is 0.573 e. The lowest BCUT2D eigenvalue weighted by atomic mass is 9.70. The average Bonchev–Trinajstić information content (AvgIpc) is 0.771. The lowest BCUT2D eigenvalue weighted by molar-refractivity contribution is -0.275. The second-order valence-corrected chi connectivity index (χ2v) is 29.6. The van der Waals surface area contributed by atoms with Gasteiger partial charge in [-0.2, -0.15) is 13.2 Å². The molecule has 0 aliphatic heterocycles. The number of alkyl halides is 21. The molecule has 0 bridgehead atoms. The topological polar surface area (TPSA) is 170 Å². The highest BCUT2D eigenvalue weighted by Gasteiger charge is 2.44. The van der Waals surface area contributed by atoms with Crippen molar-refractivity contribution in [2.75, 3.05) is 26.2 Å². The molecular weight excluding hydrogens is 1750 g/mol. The van der Waals surface area contributed by atoms with Crippen molar-refractivity contribution < 1.29 is 149 Å². The molecule has 37 heteroatoms. The van der Waals surface area contributed by atoms with Crippen molar-refractivity contribution in [2.45, 2.75) is 101 Å². The molecule has 0 radical (unpaired) electrons. The van der Waals surface area contributed by atoms with Gasteiger partial charge in [-0.1, -0.05) is 202 Å². The Bertz CT molecular complexity index is 5240. The number of hydrogen-bond donors (Lipinski definition) is 3. The summed E-state index contributed by atoms with van der Waals surface area (Å²) in [6.07, 6.45) is -37.7. The molecule has 15 nitrogen and oxygen atoms in total. The maximum absolute atomic E-state index is 13.1. The molecule has 0 saturated carbocycles. The van der Waals surface area contributed by atoms with Gasteiger partial charge in [0.05, 0.1) is 12.2 Å². The van der Waals surface area contributed by atoms with Crippen molar-refractivity contribution in [3.8, 4) is 46.0 Å². The van der Waals surface area contributed by atoms with E-state index in [2.05, 4.69) is 44.4 Å². The van der Waals surface area contributed by atoms with Gasteiger partial charge in [-0.3, -0.25) is 0 Å². The minimum Gasteiger partial charge on any atom is -0.449 e. The normalized spacial score (nSPS) is 12.3. The number of carbonyl (C=O) groups is 3. The van der Waals surface area contributed by atoms with Crippen molar-refractivity contribution in [3.63, 3.8) is 0 Å². The zero-order valence-corrected chi connectivity index (χ0v) is 67.1. The summed E-state index contributed by atoms with van der Waals surface area (Å²) in [5.41, 5.74) is -2.82. The molecule has 0 heterocycles. The highest BCUT2D eigenvalue weighted by molar-refractivity contribution is 6.30. The Balaban J connectivity index is 0.000000216. The number of nitrogens with one attached hydrogen (secondary N) is 3. The quantitative estimate of drug-likeness (QED) is 0.0417. The van der Waals surface area contributed by atoms with Crippen molar-refractivity contribution in [2.24, 2.45) is 5.41 Å². The second-order valence-electron chi connectivity index (χ2n) is 29.1. The van der Waals surface area contributed by atoms with Crippen LogP contribution in [0.2, 0.25) is 5.02 Å². The molecule has 11 rings (SSSR count). The van der Waals surface area contributed by atoms with Crippen LogP contribution in [0, 0.1) is 5.41 Å². The van der Waals surface area contributed by atoms with Gasteiger partial charge in [-0.05, 0) is 190 Å². The molecule has 0 fully saturated rings. The van der Waals surface area contributed by atoms with Gasteiger partial charge in [0.15, 0.2) is 0 Å². The number of benzene rings is 11. The molecule has 11 aromatic carbocycles. The van der Waals surface area contributed by atoms with Crippen molar-refractivity contribution >= 4 is 29.9 Å². The fourth-order valence-electron chi connectivity index (χ4n) is 13.2. The number of hydrogen-bond acceptors (Lipinski definition) is 12. The number of alkyl carbamates (subject to hydrolysis) is 1. The molecule has 11 aromatic rings. The van der Waals surface area contributed by atoms with Crippen molar-refractivity contribution in [1.82, 2.24) is 16.0 Å². The molecule has 0 aliphatic rings. The number of amides is 3. The standard InChI is InChI=1S/C31H22F9NO4.C30H22ClF6NO4.C29H29F6NO4/c32-29(33,34)23-11-6-12-24(17-23)43-27(42)41-19-28(18-20-7-2-1-3-8-20,21-9-4-13-25(15-21)44-30(35,36)37)22-10-5-14-26(16-22)45-31(38,39)40;31-23-12-14-24(15-13-23)40-27(39)38-19-28(18-20-6-2-1-3-7-20,21-8-4-10-25(16-21)41-29(32,33)34)22-9-5-11-26(17-22)42-30(35,36)37;1-26(2,3)19-38-25(37)36-18-27(17-20-9-5-4-6-10-20,21-11-7-13-23(15-21)39-28(30,31)32)22-12-8-14-24(16-22)40-29(33,34)35/h1-17H,18-19H2,(H,41,42);1-17H,18-19H2,(H,38,39);4-16H,17-19H2,1-3H3,(H,36,37). The van der Waals surface area contributed by atoms with Crippen LogP contribution in [0.15, 0.2) is 285 Å². The molecule has 3 amide bonds. The van der Waals surface area contributed by atoms with E-state index < -0.39 is 131 Å². The first-order chi connectivity index (χ1) is 59.4. The maximum atomic E-state index is 13.1. The minimum absolute atomic E-state index is 0.0417. The summed E-state index contributed by atoms with van der Waals surface area (Å²) >= 11 is 5.87. The third kappa shape index (κ3) is 31.5. The Hall–Kier alpha value is -13.2. The third-order valence-corrected chi connectivity index (χ3v) is 18.7. The lowest BCUT2D eigenvalue weighted by Crippen LogP contribution is -2.44. The van der Waals surface area contributed by atoms with E-state index in [1.807, 2.05) is 20.8 Å². The minimum atomic E-state index is -5.08. The lowest BCUT2D eigenvalue weighted by Gasteiger charge is -2.36. The predicted molar refractivity (Wildman–Crippen MR) is 421 cm³/mol. The average molecular weight is 1820 g/mol. The SMILES string of the molecule is CC(C)(C)COC(=O)NCC(Cc1ccccc1)(c1cccc(OC(F)(F)F)c1)c1cccc(OC(F)(F)F)c1.O=C(NCC(Cc1ccccc1)(c1cccc(OC(F)(F)F)c1)c1cccc(OC(F)(F)F)c1)Oc1ccc(Cl)cc1.O=C(NCC(Cc1ccccc1)(c1cccc(OC(F)(F)F)c1)c1cccc(OC(F)(F)F)c1)Oc1cccc(C(F)(F)F)c1. The van der Waals surface area contributed by atoms with E-state index in [4.69, 9.17) is 25.8 Å². The summed E-state index contributed by atoms with van der Waals surface area (Å²) in [5.74, 6) is -3.75. The number of rotatable bonds is 27. The number of carbonyl (C=O) groups excluding carboxylic acids is 3. The zero-order chi connectivity index (χ0) is 92.9. The van der Waals surface area contributed by atoms with E-state index in [0.717, 1.165) is 91.0 Å². The Kier molecular flexibility index (Phi) is 31.8. The number of ether oxygens (including phenoxy) is 9. The second kappa shape index (κ2) is 41.3. The van der Waals surface area contributed by atoms with Crippen LogP contribution in [0.4, 0.5) is 107 Å². The van der Waals surface area contributed by atoms with Crippen molar-refractivity contribution in [1.29, 1.82) is 0 Å². The summed E-state index contributed by atoms with van der Waals surface area (Å²) in [5, 5.41) is 8.10. The monoisotopic (exact) mass is 1820 g/mol. The van der Waals surface area contributed by atoms with Gasteiger partial charge in [0, 0.05) is 40.9 Å². The van der Waals surface area contributed by atoms with Crippen LogP contribution < -0.4 is 53.8 Å². The van der Waals surface area contributed by atoms with Gasteiger partial charge in [-0.15, -0.1) is 79.0 Å². The van der Waals surface area contributed by atoms with Gasteiger partial charge in [0.25, 0.3) is 0 Å². The van der Waals surface area contributed by atoms with E-state index in [9.17, 15) is 107 Å². The molecule has 0 aromatic heterocycles. The molecule has 674 valence electrons. The number of halogens is 22. The Morgan fingerprint density at radius 2 is 0.496 bits per heavy atom. The summed E-state index contributed by atoms with van der Waals surface area (Å²) in [7, 11) is 0. The molecule has 127 heavy (non-hydrogen) atoms. The van der Waals surface area contributed by atoms with Crippen LogP contribution >= 0.6 is 11.6 Å². The van der Waals surface area contributed by atoms with E-state index in [1.54, 1.807) is 91.0 Å². The molecule has 0 spiro atoms. The van der Waals surface area contributed by atoms with Gasteiger partial charge in [0.1, 0.15) is 46.0 Å². The van der Waals surface area contributed by atoms with E-state index in [-0.39, 0.29) is 83.5 Å². The zero-order valence-electron chi connectivity index (χ0n) is 66.3. The van der Waals surface area contributed by atoms with E-state index in [0.29, 0.717) is 27.8 Å². The Morgan fingerprint density at radius 1 is 0.268 bits per heavy atom. The smallest absolute Gasteiger partial charge is 0.449 e. The highest BCUT2D eigenvalue weighted by Crippen LogP contribution is 2.45. The van der Waals surface area contributed by atoms with Gasteiger partial charge in [0.2, 0.25) is 0 Å². The summed E-state index contributed by atoms with van der Waals surface area (Å²) in [4.78, 5) is 38.4. The molecule has 0 atom stereocenters. The van der Waals surface area contributed by atoms with E-state index in [1.165, 1.54) is 97.1 Å². The van der Waals surface area contributed by atoms with Gasteiger partial charge >= 0.3 is 62.6 Å². The maximum Gasteiger partial charge on any atom is 0.573 e. The van der Waals surface area contributed by atoms with Crippen LogP contribution in [-0.4, -0.2) is 82.7 Å². The van der Waals surface area contributed by atoms with Crippen LogP contribution in [0.1, 0.15) is 76.4 Å². The molecule has 3 N–H and O–H groups in total. The molecular formula is C90H73ClF21N3O12. The summed E-state index contributed by atoms with van der Waals surface area (Å²) in [6, 6.07) is 64.8. The first kappa shape index (κ1) is 97.7. The first-order valence-corrected chi connectivity index (χ1v) is 37.8. The Morgan fingerprint density at radius 3 is 0.740 bits per heavy atom. The molecule has 0 aliphatic carbocycles. The van der Waals surface area contributed by atoms with Crippen LogP contribution in [0.25, 0.3) is 0 Å². The summed E-state index contributed by atoms with van der Waals surface area (Å²) in [6.45, 7) is 4.60. The van der Waals surface area contributed by atoms with Crippen LogP contribution in [0.5, 0.6) is 46.0 Å². The van der Waals surface area contributed by atoms with Crippen molar-refractivity contribution in [3.05, 3.63) is 346 Å². The van der Waals surface area contributed by atoms with Crippen LogP contribution in [0.3, 0.4) is 0 Å². The predicted octanol–water partition coefficient (Wildman–Crippen LogP) is 25.1. The van der Waals surface area contributed by atoms with E-state index >= 15 is 0 Å². The third-order valence-electron chi connectivity index (χ3n) is 18.4. The van der Waals surface area contributed by atoms with Gasteiger partial charge in [-0.25, -0.2) is 14.4 Å². The van der Waals surface area contributed by atoms with Crippen LogP contribution in [-0.2, 0) is 46.4 Å².